The maximum absolute atomic E-state index is 12.3. The number of nitrogens with one attached hydrogen (secondary N) is 1. The summed E-state index contributed by atoms with van der Waals surface area (Å²) in [7, 11) is 0. The molecule has 0 fully saturated rings. The van der Waals surface area contributed by atoms with E-state index < -0.39 is 11.8 Å². The van der Waals surface area contributed by atoms with Crippen molar-refractivity contribution >= 4 is 17.4 Å². The zero-order valence-electron chi connectivity index (χ0n) is 14.1. The second kappa shape index (κ2) is 9.79. The van der Waals surface area contributed by atoms with Gasteiger partial charge in [0.25, 0.3) is 5.91 Å². The third-order valence-electron chi connectivity index (χ3n) is 3.56. The van der Waals surface area contributed by atoms with Crippen molar-refractivity contribution in [1.82, 2.24) is 5.48 Å². The van der Waals surface area contributed by atoms with Crippen LogP contribution in [-0.2, 0) is 4.79 Å². The van der Waals surface area contributed by atoms with Crippen LogP contribution in [0.25, 0.3) is 0 Å². The molecule has 0 saturated heterocycles. The monoisotopic (exact) mass is 318 g/mol. The van der Waals surface area contributed by atoms with E-state index in [0.29, 0.717) is 5.56 Å². The SMILES string of the molecule is CCCN(CCC)c1ccc(C(=O)C(C)/C=C/C(=O)NO)cc1. The largest absolute Gasteiger partial charge is 0.372 e. The number of rotatable bonds is 9. The van der Waals surface area contributed by atoms with Crippen LogP contribution in [0.1, 0.15) is 44.0 Å². The summed E-state index contributed by atoms with van der Waals surface area (Å²) < 4.78 is 0. The Kier molecular flexibility index (Phi) is 8.05. The van der Waals surface area contributed by atoms with Crippen LogP contribution < -0.4 is 10.4 Å². The number of carbonyl (C=O) groups excluding carboxylic acids is 2. The molecule has 5 nitrogen and oxygen atoms in total. The lowest BCUT2D eigenvalue weighted by atomic mass is 9.98. The van der Waals surface area contributed by atoms with Gasteiger partial charge in [0.1, 0.15) is 0 Å². The van der Waals surface area contributed by atoms with Gasteiger partial charge in [0.15, 0.2) is 5.78 Å². The highest BCUT2D eigenvalue weighted by Gasteiger charge is 2.13. The van der Waals surface area contributed by atoms with Crippen molar-refractivity contribution in [1.29, 1.82) is 0 Å². The molecular formula is C18H26N2O3. The molecule has 1 rings (SSSR count). The van der Waals surface area contributed by atoms with E-state index in [9.17, 15) is 9.59 Å². The number of allylic oxidation sites excluding steroid dienone is 1. The average Bonchev–Trinajstić information content (AvgIpc) is 2.58. The highest BCUT2D eigenvalue weighted by Crippen LogP contribution is 2.18. The van der Waals surface area contributed by atoms with Gasteiger partial charge in [-0.05, 0) is 37.1 Å². The topological polar surface area (TPSA) is 69.6 Å². The molecular weight excluding hydrogens is 292 g/mol. The van der Waals surface area contributed by atoms with E-state index in [-0.39, 0.29) is 5.78 Å². The molecule has 0 spiro atoms. The summed E-state index contributed by atoms with van der Waals surface area (Å²) in [6.45, 7) is 8.01. The van der Waals surface area contributed by atoms with E-state index in [1.165, 1.54) is 11.6 Å². The number of anilines is 1. The maximum atomic E-state index is 12.3. The second-order valence-corrected chi connectivity index (χ2v) is 5.52. The zero-order valence-corrected chi connectivity index (χ0v) is 14.1. The van der Waals surface area contributed by atoms with E-state index in [2.05, 4.69) is 18.7 Å². The number of ketones is 1. The van der Waals surface area contributed by atoms with Crippen LogP contribution in [0, 0.1) is 5.92 Å². The van der Waals surface area contributed by atoms with Crippen molar-refractivity contribution in [2.45, 2.75) is 33.6 Å². The summed E-state index contributed by atoms with van der Waals surface area (Å²) in [6.07, 6.45) is 4.79. The molecule has 0 aliphatic heterocycles. The number of carbonyl (C=O) groups is 2. The van der Waals surface area contributed by atoms with Crippen molar-refractivity contribution in [3.63, 3.8) is 0 Å². The number of Topliss-reactive ketones (excluding diaryl/α,β-unsaturated/α-hetero) is 1. The Balaban J connectivity index is 2.80. The first-order valence-electron chi connectivity index (χ1n) is 8.04. The summed E-state index contributed by atoms with van der Waals surface area (Å²) in [5.41, 5.74) is 3.23. The van der Waals surface area contributed by atoms with Gasteiger partial charge in [-0.25, -0.2) is 5.48 Å². The number of nitrogens with zero attached hydrogens (tertiary/aromatic N) is 1. The Morgan fingerprint density at radius 2 is 1.74 bits per heavy atom. The van der Waals surface area contributed by atoms with Gasteiger partial charge in [-0.3, -0.25) is 14.8 Å². The van der Waals surface area contributed by atoms with Crippen molar-refractivity contribution in [2.75, 3.05) is 18.0 Å². The number of amides is 1. The van der Waals surface area contributed by atoms with Crippen LogP contribution in [0.4, 0.5) is 5.69 Å². The Labute approximate surface area is 138 Å². The van der Waals surface area contributed by atoms with Crippen LogP contribution in [0.3, 0.4) is 0 Å². The number of benzene rings is 1. The lowest BCUT2D eigenvalue weighted by Crippen LogP contribution is -2.24. The predicted octanol–water partition coefficient (Wildman–Crippen LogP) is 3.19. The van der Waals surface area contributed by atoms with E-state index in [1.807, 2.05) is 24.3 Å². The molecule has 0 bridgehead atoms. The number of hydrogen-bond acceptors (Lipinski definition) is 4. The van der Waals surface area contributed by atoms with Gasteiger partial charge in [-0.2, -0.15) is 0 Å². The van der Waals surface area contributed by atoms with Crippen molar-refractivity contribution in [2.24, 2.45) is 5.92 Å². The molecule has 0 aromatic heterocycles. The van der Waals surface area contributed by atoms with Crippen LogP contribution in [-0.4, -0.2) is 30.0 Å². The maximum Gasteiger partial charge on any atom is 0.267 e. The van der Waals surface area contributed by atoms with Crippen LogP contribution in [0.2, 0.25) is 0 Å². The average molecular weight is 318 g/mol. The zero-order chi connectivity index (χ0) is 17.2. The fourth-order valence-corrected chi connectivity index (χ4v) is 2.37. The lowest BCUT2D eigenvalue weighted by molar-refractivity contribution is -0.124. The standard InChI is InChI=1S/C18H26N2O3/c1-4-12-20(13-5-2)16-9-7-15(8-10-16)18(22)14(3)6-11-17(21)19-23/h6-11,14,23H,4-5,12-13H2,1-3H3,(H,19,21)/b11-6+. The molecule has 1 amide bonds. The highest BCUT2D eigenvalue weighted by atomic mass is 16.5. The Hall–Kier alpha value is -2.14. The van der Waals surface area contributed by atoms with E-state index in [1.54, 1.807) is 6.92 Å². The molecule has 5 heteroatoms. The molecule has 126 valence electrons. The Morgan fingerprint density at radius 1 is 1.17 bits per heavy atom. The van der Waals surface area contributed by atoms with Gasteiger partial charge < -0.3 is 4.90 Å². The molecule has 0 heterocycles. The lowest BCUT2D eigenvalue weighted by Gasteiger charge is -2.24. The number of hydroxylamine groups is 1. The summed E-state index contributed by atoms with van der Waals surface area (Å²) >= 11 is 0. The van der Waals surface area contributed by atoms with Crippen molar-refractivity contribution < 1.29 is 14.8 Å². The molecule has 1 aromatic carbocycles. The van der Waals surface area contributed by atoms with E-state index >= 15 is 0 Å². The van der Waals surface area contributed by atoms with Crippen LogP contribution in [0.15, 0.2) is 36.4 Å². The molecule has 0 radical (unpaired) electrons. The fourth-order valence-electron chi connectivity index (χ4n) is 2.37. The minimum absolute atomic E-state index is 0.0592. The second-order valence-electron chi connectivity index (χ2n) is 5.52. The molecule has 1 unspecified atom stereocenters. The first kappa shape index (κ1) is 18.9. The molecule has 0 aliphatic rings. The van der Waals surface area contributed by atoms with Gasteiger partial charge in [0.2, 0.25) is 0 Å². The van der Waals surface area contributed by atoms with E-state index in [0.717, 1.165) is 37.7 Å². The smallest absolute Gasteiger partial charge is 0.267 e. The predicted molar refractivity (Wildman–Crippen MR) is 91.8 cm³/mol. The summed E-state index contributed by atoms with van der Waals surface area (Å²) in [6, 6.07) is 7.59. The first-order valence-corrected chi connectivity index (χ1v) is 8.04. The van der Waals surface area contributed by atoms with Crippen LogP contribution in [0.5, 0.6) is 0 Å². The molecule has 0 saturated carbocycles. The molecule has 1 atom stereocenters. The van der Waals surface area contributed by atoms with Crippen LogP contribution >= 0.6 is 0 Å². The third-order valence-corrected chi connectivity index (χ3v) is 3.56. The van der Waals surface area contributed by atoms with Gasteiger partial charge in [-0.15, -0.1) is 0 Å². The van der Waals surface area contributed by atoms with E-state index in [4.69, 9.17) is 5.21 Å². The summed E-state index contributed by atoms with van der Waals surface area (Å²) in [5, 5.41) is 8.43. The van der Waals surface area contributed by atoms with Gasteiger partial charge in [0.05, 0.1) is 0 Å². The minimum atomic E-state index is -0.644. The fraction of sp³-hybridized carbons (Fsp3) is 0.444. The normalized spacial score (nSPS) is 12.2. The molecule has 0 aliphatic carbocycles. The highest BCUT2D eigenvalue weighted by molar-refractivity contribution is 5.99. The van der Waals surface area contributed by atoms with Gasteiger partial charge >= 0.3 is 0 Å². The first-order chi connectivity index (χ1) is 11.0. The van der Waals surface area contributed by atoms with Crippen molar-refractivity contribution in [3.8, 4) is 0 Å². The minimum Gasteiger partial charge on any atom is -0.372 e. The summed E-state index contributed by atoms with van der Waals surface area (Å²) in [5.74, 6) is -1.13. The quantitative estimate of drug-likeness (QED) is 0.317. The molecule has 23 heavy (non-hydrogen) atoms. The van der Waals surface area contributed by atoms with Gasteiger partial charge in [-0.1, -0.05) is 26.8 Å². The number of hydrogen-bond donors (Lipinski definition) is 2. The van der Waals surface area contributed by atoms with Crippen molar-refractivity contribution in [3.05, 3.63) is 42.0 Å². The Bertz CT molecular complexity index is 532. The molecule has 1 aromatic rings. The summed E-state index contributed by atoms with van der Waals surface area (Å²) in [4.78, 5) is 25.6. The van der Waals surface area contributed by atoms with Gasteiger partial charge in [0, 0.05) is 36.3 Å². The third kappa shape index (κ3) is 5.87. The Morgan fingerprint density at radius 3 is 2.22 bits per heavy atom. The molecule has 2 N–H and O–H groups in total.